The van der Waals surface area contributed by atoms with Gasteiger partial charge in [0.05, 0.1) is 0 Å². The molecular formula is C13H16N2O2. The molecule has 1 N–H and O–H groups in total. The maximum atomic E-state index is 11.9. The number of benzene rings is 1. The minimum atomic E-state index is -0.111. The van der Waals surface area contributed by atoms with E-state index in [0.717, 1.165) is 11.3 Å². The molecule has 1 aromatic carbocycles. The van der Waals surface area contributed by atoms with E-state index in [2.05, 4.69) is 5.32 Å². The third kappa shape index (κ3) is 2.16. The van der Waals surface area contributed by atoms with Gasteiger partial charge in [-0.2, -0.15) is 0 Å². The van der Waals surface area contributed by atoms with Crippen LogP contribution in [0.4, 0.5) is 10.5 Å². The summed E-state index contributed by atoms with van der Waals surface area (Å²) in [6, 6.07) is 5.33. The van der Waals surface area contributed by atoms with Crippen molar-refractivity contribution in [1.82, 2.24) is 4.90 Å². The van der Waals surface area contributed by atoms with Crippen LogP contribution in [0.15, 0.2) is 18.2 Å². The van der Waals surface area contributed by atoms with E-state index in [1.807, 2.05) is 19.9 Å². The van der Waals surface area contributed by atoms with Crippen molar-refractivity contribution in [3.05, 3.63) is 29.3 Å². The Morgan fingerprint density at radius 3 is 2.76 bits per heavy atom. The van der Waals surface area contributed by atoms with Crippen LogP contribution in [0.25, 0.3) is 0 Å². The van der Waals surface area contributed by atoms with Crippen molar-refractivity contribution in [3.63, 3.8) is 0 Å². The number of hydrogen-bond acceptors (Lipinski definition) is 2. The number of nitrogens with zero attached hydrogens (tertiary/aromatic N) is 1. The van der Waals surface area contributed by atoms with Gasteiger partial charge in [-0.1, -0.05) is 13.8 Å². The predicted molar refractivity (Wildman–Crippen MR) is 66.1 cm³/mol. The minimum Gasteiger partial charge on any atom is -0.323 e. The number of carbonyl (C=O) groups excluding carboxylic acids is 2. The molecule has 0 unspecified atom stereocenters. The minimum absolute atomic E-state index is 0.0102. The van der Waals surface area contributed by atoms with Gasteiger partial charge in [0.15, 0.2) is 5.78 Å². The molecule has 0 bridgehead atoms. The Hall–Kier alpha value is -1.84. The summed E-state index contributed by atoms with van der Waals surface area (Å²) >= 11 is 0. The van der Waals surface area contributed by atoms with Gasteiger partial charge in [0, 0.05) is 30.8 Å². The summed E-state index contributed by atoms with van der Waals surface area (Å²) in [4.78, 5) is 24.9. The van der Waals surface area contributed by atoms with Crippen molar-refractivity contribution < 1.29 is 9.59 Å². The fourth-order valence-corrected chi connectivity index (χ4v) is 1.87. The van der Waals surface area contributed by atoms with Gasteiger partial charge < -0.3 is 10.2 Å². The molecular weight excluding hydrogens is 216 g/mol. The van der Waals surface area contributed by atoms with Crippen LogP contribution in [0.2, 0.25) is 0 Å². The van der Waals surface area contributed by atoms with E-state index in [9.17, 15) is 9.59 Å². The Balaban J connectivity index is 2.35. The van der Waals surface area contributed by atoms with E-state index in [1.165, 1.54) is 0 Å². The number of hydrogen-bond donors (Lipinski definition) is 1. The Bertz CT molecular complexity index is 480. The molecule has 2 rings (SSSR count). The molecule has 0 aromatic heterocycles. The summed E-state index contributed by atoms with van der Waals surface area (Å²) in [6.45, 7) is 4.31. The van der Waals surface area contributed by atoms with E-state index < -0.39 is 0 Å². The highest BCUT2D eigenvalue weighted by Gasteiger charge is 2.20. The second-order valence-corrected chi connectivity index (χ2v) is 4.68. The van der Waals surface area contributed by atoms with Gasteiger partial charge in [-0.25, -0.2) is 4.79 Å². The number of amides is 2. The fourth-order valence-electron chi connectivity index (χ4n) is 1.87. The van der Waals surface area contributed by atoms with Gasteiger partial charge >= 0.3 is 6.03 Å². The standard InChI is InChI=1S/C13H16N2O2/c1-8(2)12(16)9-4-5-11-10(6-9)7-15(3)13(17)14-11/h4-6,8H,7H2,1-3H3,(H,14,17). The zero-order valence-corrected chi connectivity index (χ0v) is 10.3. The molecule has 2 amide bonds. The number of fused-ring (bicyclic) bond motifs is 1. The van der Waals surface area contributed by atoms with Crippen LogP contribution >= 0.6 is 0 Å². The van der Waals surface area contributed by atoms with Crippen LogP contribution in [0.1, 0.15) is 29.8 Å². The van der Waals surface area contributed by atoms with Crippen molar-refractivity contribution in [3.8, 4) is 0 Å². The van der Waals surface area contributed by atoms with Gasteiger partial charge in [-0.3, -0.25) is 4.79 Å². The molecule has 90 valence electrons. The summed E-state index contributed by atoms with van der Waals surface area (Å²) in [5.74, 6) is 0.122. The lowest BCUT2D eigenvalue weighted by atomic mass is 9.98. The summed E-state index contributed by atoms with van der Waals surface area (Å²) in [7, 11) is 1.73. The molecule has 0 spiro atoms. The number of rotatable bonds is 2. The molecule has 1 aliphatic rings. The molecule has 1 aliphatic heterocycles. The Kier molecular flexibility index (Phi) is 2.88. The molecule has 1 aromatic rings. The predicted octanol–water partition coefficient (Wildman–Crippen LogP) is 2.50. The zero-order valence-electron chi connectivity index (χ0n) is 10.3. The first-order chi connectivity index (χ1) is 7.99. The van der Waals surface area contributed by atoms with Crippen molar-refractivity contribution in [2.75, 3.05) is 12.4 Å². The average molecular weight is 232 g/mol. The first-order valence-electron chi connectivity index (χ1n) is 5.68. The van der Waals surface area contributed by atoms with Crippen molar-refractivity contribution in [1.29, 1.82) is 0 Å². The van der Waals surface area contributed by atoms with E-state index >= 15 is 0 Å². The van der Waals surface area contributed by atoms with E-state index in [1.54, 1.807) is 24.1 Å². The van der Waals surface area contributed by atoms with E-state index in [4.69, 9.17) is 0 Å². The van der Waals surface area contributed by atoms with Gasteiger partial charge in [-0.05, 0) is 23.8 Å². The SMILES string of the molecule is CC(C)C(=O)c1ccc2c(c1)CN(C)C(=O)N2. The molecule has 0 fully saturated rings. The Morgan fingerprint density at radius 1 is 1.41 bits per heavy atom. The summed E-state index contributed by atoms with van der Waals surface area (Å²) in [5.41, 5.74) is 2.50. The lowest BCUT2D eigenvalue weighted by Gasteiger charge is -2.26. The Labute approximate surface area is 101 Å². The maximum absolute atomic E-state index is 11.9. The van der Waals surface area contributed by atoms with Gasteiger partial charge in [-0.15, -0.1) is 0 Å². The number of urea groups is 1. The third-order valence-corrected chi connectivity index (χ3v) is 2.91. The van der Waals surface area contributed by atoms with Crippen LogP contribution in [0.3, 0.4) is 0 Å². The van der Waals surface area contributed by atoms with E-state index in [-0.39, 0.29) is 17.7 Å². The number of nitrogens with one attached hydrogen (secondary N) is 1. The average Bonchev–Trinajstić information content (AvgIpc) is 2.29. The number of carbonyl (C=O) groups is 2. The largest absolute Gasteiger partial charge is 0.323 e. The molecule has 0 saturated heterocycles. The maximum Gasteiger partial charge on any atom is 0.321 e. The van der Waals surface area contributed by atoms with Gasteiger partial charge in [0.1, 0.15) is 0 Å². The third-order valence-electron chi connectivity index (χ3n) is 2.91. The molecule has 0 radical (unpaired) electrons. The van der Waals surface area contributed by atoms with Crippen LogP contribution in [0, 0.1) is 5.92 Å². The fraction of sp³-hybridized carbons (Fsp3) is 0.385. The second kappa shape index (κ2) is 4.20. The summed E-state index contributed by atoms with van der Waals surface area (Å²) < 4.78 is 0. The van der Waals surface area contributed by atoms with Gasteiger partial charge in [0.2, 0.25) is 0 Å². The topological polar surface area (TPSA) is 49.4 Å². The van der Waals surface area contributed by atoms with Gasteiger partial charge in [0.25, 0.3) is 0 Å². The lowest BCUT2D eigenvalue weighted by Crippen LogP contribution is -2.35. The van der Waals surface area contributed by atoms with Crippen LogP contribution in [0.5, 0.6) is 0 Å². The molecule has 0 aliphatic carbocycles. The number of Topliss-reactive ketones (excluding diaryl/α,β-unsaturated/α-hetero) is 1. The zero-order chi connectivity index (χ0) is 12.6. The van der Waals surface area contributed by atoms with Crippen LogP contribution in [-0.2, 0) is 6.54 Å². The highest BCUT2D eigenvalue weighted by molar-refractivity contribution is 5.99. The quantitative estimate of drug-likeness (QED) is 0.796. The molecule has 0 saturated carbocycles. The Morgan fingerprint density at radius 2 is 2.12 bits per heavy atom. The second-order valence-electron chi connectivity index (χ2n) is 4.68. The number of ketones is 1. The molecule has 1 heterocycles. The van der Waals surface area contributed by atoms with Crippen molar-refractivity contribution >= 4 is 17.5 Å². The first-order valence-corrected chi connectivity index (χ1v) is 5.68. The molecule has 0 atom stereocenters. The molecule has 4 nitrogen and oxygen atoms in total. The highest BCUT2D eigenvalue weighted by atomic mass is 16.2. The molecule has 17 heavy (non-hydrogen) atoms. The summed E-state index contributed by atoms with van der Waals surface area (Å²) in [6.07, 6.45) is 0. The highest BCUT2D eigenvalue weighted by Crippen LogP contribution is 2.24. The van der Waals surface area contributed by atoms with Crippen LogP contribution in [-0.4, -0.2) is 23.8 Å². The van der Waals surface area contributed by atoms with E-state index in [0.29, 0.717) is 12.1 Å². The summed E-state index contributed by atoms with van der Waals surface area (Å²) in [5, 5.41) is 2.78. The lowest BCUT2D eigenvalue weighted by molar-refractivity contribution is 0.0939. The molecule has 4 heteroatoms. The monoisotopic (exact) mass is 232 g/mol. The van der Waals surface area contributed by atoms with Crippen molar-refractivity contribution in [2.45, 2.75) is 20.4 Å². The number of anilines is 1. The first kappa shape index (κ1) is 11.6. The van der Waals surface area contributed by atoms with Crippen molar-refractivity contribution in [2.24, 2.45) is 5.92 Å². The normalized spacial score (nSPS) is 14.6. The van der Waals surface area contributed by atoms with Crippen LogP contribution < -0.4 is 5.32 Å². The smallest absolute Gasteiger partial charge is 0.321 e.